The highest BCUT2D eigenvalue weighted by molar-refractivity contribution is 5.78. The fraction of sp³-hybridized carbons (Fsp3) is 0.273. The minimum atomic E-state index is -0.690. The van der Waals surface area contributed by atoms with Crippen molar-refractivity contribution in [2.45, 2.75) is 12.5 Å². The first kappa shape index (κ1) is 21.4. The van der Waals surface area contributed by atoms with Gasteiger partial charge >= 0.3 is 6.03 Å². The molecule has 0 spiro atoms. The normalized spacial score (nSPS) is 17.8. The predicted molar refractivity (Wildman–Crippen MR) is 117 cm³/mol. The van der Waals surface area contributed by atoms with Crippen LogP contribution in [-0.2, 0) is 0 Å². The molecule has 0 aliphatic carbocycles. The lowest BCUT2D eigenvalue weighted by Gasteiger charge is -2.37. The van der Waals surface area contributed by atoms with Crippen molar-refractivity contribution < 1.29 is 13.6 Å². The summed E-state index contributed by atoms with van der Waals surface area (Å²) in [6.45, 7) is 1.82. The Hall–Kier alpha value is -4.40. The predicted octanol–water partition coefficient (Wildman–Crippen LogP) is 2.49. The molecule has 1 fully saturated rings. The first-order valence-electron chi connectivity index (χ1n) is 10.6. The number of rotatable bonds is 3. The highest BCUT2D eigenvalue weighted by Gasteiger charge is 2.33. The number of halogens is 2. The highest BCUT2D eigenvalue weighted by atomic mass is 19.1. The molecule has 172 valence electrons. The molecule has 0 saturated carbocycles. The standard InChI is InChI=1S/C22H19F2N9O/c23-16-9-15(10-17(24)11-16)19-1-4-28-33(19)22(34)31-7-5-30(6-8-31)21-26-3-2-20(29-21)32-13-18(12-25)27-14-32/h2-4,9-11,13-14,19H,1,5-8H2. The summed E-state index contributed by atoms with van der Waals surface area (Å²) in [4.78, 5) is 29.6. The Bertz CT molecular complexity index is 1270. The molecule has 0 radical (unpaired) electrons. The monoisotopic (exact) mass is 463 g/mol. The van der Waals surface area contributed by atoms with Crippen LogP contribution >= 0.6 is 0 Å². The van der Waals surface area contributed by atoms with Gasteiger partial charge in [0.05, 0.1) is 6.04 Å². The van der Waals surface area contributed by atoms with E-state index in [1.54, 1.807) is 34.1 Å². The summed E-state index contributed by atoms with van der Waals surface area (Å²) in [5, 5.41) is 14.4. The van der Waals surface area contributed by atoms with Crippen LogP contribution in [0.3, 0.4) is 0 Å². The van der Waals surface area contributed by atoms with Crippen LogP contribution in [0.4, 0.5) is 19.5 Å². The zero-order valence-corrected chi connectivity index (χ0v) is 17.9. The van der Waals surface area contributed by atoms with E-state index in [1.807, 2.05) is 11.0 Å². The smallest absolute Gasteiger partial charge is 0.337 e. The van der Waals surface area contributed by atoms with Gasteiger partial charge in [-0.2, -0.15) is 15.3 Å². The van der Waals surface area contributed by atoms with Gasteiger partial charge in [-0.15, -0.1) is 0 Å². The molecule has 0 N–H and O–H groups in total. The third kappa shape index (κ3) is 4.15. The second kappa shape index (κ2) is 8.86. The molecule has 1 unspecified atom stereocenters. The average Bonchev–Trinajstić information content (AvgIpc) is 3.53. The van der Waals surface area contributed by atoms with Crippen LogP contribution < -0.4 is 4.90 Å². The number of benzene rings is 1. The summed E-state index contributed by atoms with van der Waals surface area (Å²) in [5.41, 5.74) is 0.655. The maximum Gasteiger partial charge on any atom is 0.341 e. The van der Waals surface area contributed by atoms with Crippen LogP contribution in [0.15, 0.2) is 48.1 Å². The molecular weight excluding hydrogens is 444 g/mol. The van der Waals surface area contributed by atoms with Gasteiger partial charge in [-0.25, -0.2) is 28.6 Å². The van der Waals surface area contributed by atoms with Crippen LogP contribution in [0.2, 0.25) is 0 Å². The molecule has 2 aliphatic heterocycles. The van der Waals surface area contributed by atoms with Crippen molar-refractivity contribution in [1.29, 1.82) is 5.26 Å². The number of carbonyl (C=O) groups is 1. The van der Waals surface area contributed by atoms with E-state index in [2.05, 4.69) is 20.1 Å². The Balaban J connectivity index is 1.25. The molecule has 10 nitrogen and oxygen atoms in total. The molecule has 34 heavy (non-hydrogen) atoms. The van der Waals surface area contributed by atoms with E-state index >= 15 is 0 Å². The SMILES string of the molecule is N#Cc1cn(-c2ccnc(N3CCN(C(=O)N4N=CCC4c4cc(F)cc(F)c4)CC3)n2)cn1. The van der Waals surface area contributed by atoms with Crippen molar-refractivity contribution in [3.8, 4) is 11.9 Å². The van der Waals surface area contributed by atoms with E-state index in [1.165, 1.54) is 23.5 Å². The van der Waals surface area contributed by atoms with Crippen LogP contribution in [0.25, 0.3) is 5.82 Å². The summed E-state index contributed by atoms with van der Waals surface area (Å²) < 4.78 is 29.0. The lowest BCUT2D eigenvalue weighted by atomic mass is 10.0. The summed E-state index contributed by atoms with van der Waals surface area (Å²) in [6, 6.07) is 6.08. The van der Waals surface area contributed by atoms with Gasteiger partial charge in [0.1, 0.15) is 29.8 Å². The number of aromatic nitrogens is 4. The number of nitrogens with zero attached hydrogens (tertiary/aromatic N) is 9. The van der Waals surface area contributed by atoms with Crippen LogP contribution in [0.1, 0.15) is 23.7 Å². The van der Waals surface area contributed by atoms with E-state index in [0.717, 1.165) is 6.07 Å². The molecule has 1 atom stereocenters. The second-order valence-corrected chi connectivity index (χ2v) is 7.85. The van der Waals surface area contributed by atoms with Crippen molar-refractivity contribution in [2.24, 2.45) is 5.10 Å². The van der Waals surface area contributed by atoms with E-state index in [4.69, 9.17) is 5.26 Å². The summed E-state index contributed by atoms with van der Waals surface area (Å²) >= 11 is 0. The fourth-order valence-electron chi connectivity index (χ4n) is 4.03. The molecule has 3 aromatic rings. The highest BCUT2D eigenvalue weighted by Crippen LogP contribution is 2.30. The van der Waals surface area contributed by atoms with Crippen molar-refractivity contribution in [3.63, 3.8) is 0 Å². The number of urea groups is 1. The van der Waals surface area contributed by atoms with Gasteiger partial charge in [-0.3, -0.25) is 4.57 Å². The van der Waals surface area contributed by atoms with Gasteiger partial charge in [-0.05, 0) is 23.8 Å². The zero-order valence-electron chi connectivity index (χ0n) is 17.9. The van der Waals surface area contributed by atoms with Gasteiger partial charge in [0.15, 0.2) is 5.69 Å². The number of imidazole rings is 1. The molecule has 5 rings (SSSR count). The van der Waals surface area contributed by atoms with E-state index in [9.17, 15) is 13.6 Å². The molecule has 2 aromatic heterocycles. The molecule has 12 heteroatoms. The summed E-state index contributed by atoms with van der Waals surface area (Å²) in [5.74, 6) is -0.299. The molecule has 2 aliphatic rings. The van der Waals surface area contributed by atoms with Gasteiger partial charge < -0.3 is 9.80 Å². The number of carbonyl (C=O) groups excluding carboxylic acids is 1. The maximum atomic E-state index is 13.7. The number of hydrogen-bond acceptors (Lipinski definition) is 7. The Kier molecular flexibility index (Phi) is 5.59. The zero-order chi connectivity index (χ0) is 23.7. The molecule has 2 amide bonds. The number of hydrogen-bond donors (Lipinski definition) is 0. The molecular formula is C22H19F2N9O. The Labute approximate surface area is 193 Å². The summed E-state index contributed by atoms with van der Waals surface area (Å²) in [6.07, 6.45) is 6.69. The van der Waals surface area contributed by atoms with Crippen molar-refractivity contribution in [2.75, 3.05) is 31.1 Å². The number of nitriles is 1. The number of amides is 2. The molecule has 1 aromatic carbocycles. The fourth-order valence-corrected chi connectivity index (χ4v) is 4.03. The van der Waals surface area contributed by atoms with Gasteiger partial charge in [0.25, 0.3) is 0 Å². The van der Waals surface area contributed by atoms with Crippen LogP contribution in [0, 0.1) is 23.0 Å². The number of piperazine rings is 1. The summed E-state index contributed by atoms with van der Waals surface area (Å²) in [7, 11) is 0. The Morgan fingerprint density at radius 2 is 1.85 bits per heavy atom. The minimum absolute atomic E-state index is 0.288. The van der Waals surface area contributed by atoms with E-state index < -0.39 is 17.7 Å². The third-order valence-corrected chi connectivity index (χ3v) is 5.72. The van der Waals surface area contributed by atoms with Gasteiger partial charge in [-0.1, -0.05) is 0 Å². The van der Waals surface area contributed by atoms with Crippen LogP contribution in [-0.4, -0.2) is 67.9 Å². The lowest BCUT2D eigenvalue weighted by molar-refractivity contribution is 0.139. The third-order valence-electron chi connectivity index (χ3n) is 5.72. The topological polar surface area (TPSA) is 107 Å². The Morgan fingerprint density at radius 1 is 1.09 bits per heavy atom. The van der Waals surface area contributed by atoms with Gasteiger partial charge in [0, 0.05) is 57.3 Å². The van der Waals surface area contributed by atoms with E-state index in [0.29, 0.717) is 49.9 Å². The second-order valence-electron chi connectivity index (χ2n) is 7.85. The molecule has 0 bridgehead atoms. The number of anilines is 1. The van der Waals surface area contributed by atoms with Crippen molar-refractivity contribution in [3.05, 3.63) is 65.9 Å². The largest absolute Gasteiger partial charge is 0.341 e. The van der Waals surface area contributed by atoms with E-state index in [-0.39, 0.29) is 11.7 Å². The van der Waals surface area contributed by atoms with Crippen molar-refractivity contribution >= 4 is 18.2 Å². The van der Waals surface area contributed by atoms with Crippen molar-refractivity contribution in [1.82, 2.24) is 29.4 Å². The molecule has 1 saturated heterocycles. The minimum Gasteiger partial charge on any atom is -0.337 e. The molecule has 4 heterocycles. The lowest BCUT2D eigenvalue weighted by Crippen LogP contribution is -2.52. The first-order chi connectivity index (χ1) is 16.5. The van der Waals surface area contributed by atoms with Gasteiger partial charge in [0.2, 0.25) is 5.95 Å². The number of hydrazone groups is 1. The van der Waals surface area contributed by atoms with Crippen LogP contribution in [0.5, 0.6) is 0 Å². The Morgan fingerprint density at radius 3 is 2.56 bits per heavy atom. The first-order valence-corrected chi connectivity index (χ1v) is 10.6. The average molecular weight is 463 g/mol. The maximum absolute atomic E-state index is 13.7. The quantitative estimate of drug-likeness (QED) is 0.591.